The van der Waals surface area contributed by atoms with Gasteiger partial charge in [-0.3, -0.25) is 19.1 Å². The summed E-state index contributed by atoms with van der Waals surface area (Å²) in [6.07, 6.45) is 6.11. The number of H-pyrrole nitrogens is 1. The Balaban J connectivity index is 1.51. The van der Waals surface area contributed by atoms with Crippen molar-refractivity contribution in [2.24, 2.45) is 0 Å². The molecule has 1 fully saturated rings. The summed E-state index contributed by atoms with van der Waals surface area (Å²) < 4.78 is 12.6. The highest BCUT2D eigenvalue weighted by atomic mass is 16.5. The number of benzene rings is 1. The van der Waals surface area contributed by atoms with Crippen molar-refractivity contribution >= 4 is 5.91 Å². The lowest BCUT2D eigenvalue weighted by Crippen LogP contribution is -2.42. The number of rotatable bonds is 6. The Morgan fingerprint density at radius 3 is 2.90 bits per heavy atom. The number of ether oxygens (including phenoxy) is 1. The number of nitrogens with zero attached hydrogens (tertiary/aromatic N) is 3. The Morgan fingerprint density at radius 1 is 1.26 bits per heavy atom. The molecule has 1 N–H and O–H groups in total. The molecule has 0 unspecified atom stereocenters. The van der Waals surface area contributed by atoms with Crippen molar-refractivity contribution in [3.63, 3.8) is 0 Å². The van der Waals surface area contributed by atoms with E-state index in [9.17, 15) is 14.4 Å². The second-order valence-corrected chi connectivity index (χ2v) is 7.49. The van der Waals surface area contributed by atoms with Gasteiger partial charge in [0.2, 0.25) is 11.8 Å². The van der Waals surface area contributed by atoms with Gasteiger partial charge < -0.3 is 14.1 Å². The number of hydrogen-bond donors (Lipinski definition) is 1. The maximum absolute atomic E-state index is 13.0. The molecule has 162 valence electrons. The number of aromatic amines is 1. The minimum absolute atomic E-state index is 0.152. The van der Waals surface area contributed by atoms with E-state index in [1.165, 1.54) is 16.8 Å². The van der Waals surface area contributed by atoms with Crippen molar-refractivity contribution in [2.75, 3.05) is 13.7 Å². The average molecular weight is 424 g/mol. The lowest BCUT2D eigenvalue weighted by Gasteiger charge is -2.33. The first-order valence-corrected chi connectivity index (χ1v) is 10.2. The summed E-state index contributed by atoms with van der Waals surface area (Å²) in [5, 5.41) is 0. The Labute approximate surface area is 178 Å². The molecule has 0 aliphatic carbocycles. The van der Waals surface area contributed by atoms with E-state index < -0.39 is 11.2 Å². The topological polar surface area (TPSA) is 110 Å². The molecular weight excluding hydrogens is 400 g/mol. The van der Waals surface area contributed by atoms with E-state index in [-0.39, 0.29) is 18.5 Å². The van der Waals surface area contributed by atoms with E-state index in [1.807, 2.05) is 24.3 Å². The minimum atomic E-state index is -0.607. The zero-order valence-electron chi connectivity index (χ0n) is 17.2. The number of carbonyl (C=O) groups is 1. The van der Waals surface area contributed by atoms with Crippen LogP contribution in [0.4, 0.5) is 0 Å². The number of carbonyl (C=O) groups excluding carboxylic acids is 1. The van der Waals surface area contributed by atoms with Gasteiger partial charge in [0, 0.05) is 30.8 Å². The number of oxazole rings is 1. The Hall–Kier alpha value is -3.62. The standard InChI is InChI=1S/C22H24N4O5/c1-30-18-8-3-2-6-15(18)12-16-13-23-21(31-16)17-7-4-5-10-26(17)20(28)14-25-11-9-19(27)24-22(25)29/h2-3,6,8-9,11,13,17H,4-5,7,10,12,14H2,1H3,(H,24,27,29)/t17-/m0/s1. The Bertz CT molecular complexity index is 1180. The summed E-state index contributed by atoms with van der Waals surface area (Å²) in [6.45, 7) is 0.409. The van der Waals surface area contributed by atoms with E-state index >= 15 is 0 Å². The van der Waals surface area contributed by atoms with E-state index in [0.29, 0.717) is 24.6 Å². The third-order valence-corrected chi connectivity index (χ3v) is 5.44. The van der Waals surface area contributed by atoms with Crippen LogP contribution in [0.15, 0.2) is 56.7 Å². The zero-order chi connectivity index (χ0) is 21.8. The van der Waals surface area contributed by atoms with Gasteiger partial charge in [0.25, 0.3) is 5.56 Å². The highest BCUT2D eigenvalue weighted by Crippen LogP contribution is 2.31. The first-order valence-electron chi connectivity index (χ1n) is 10.2. The number of hydrogen-bond acceptors (Lipinski definition) is 6. The van der Waals surface area contributed by atoms with E-state index in [2.05, 4.69) is 9.97 Å². The summed E-state index contributed by atoms with van der Waals surface area (Å²) in [6, 6.07) is 8.65. The van der Waals surface area contributed by atoms with Crippen molar-refractivity contribution in [1.82, 2.24) is 19.4 Å². The van der Waals surface area contributed by atoms with Crippen LogP contribution in [0.5, 0.6) is 5.75 Å². The fourth-order valence-electron chi connectivity index (χ4n) is 3.89. The lowest BCUT2D eigenvalue weighted by atomic mass is 10.0. The molecule has 1 atom stereocenters. The van der Waals surface area contributed by atoms with Crippen LogP contribution in [0.3, 0.4) is 0 Å². The SMILES string of the molecule is COc1ccccc1Cc1cnc([C@@H]2CCCCN2C(=O)Cn2ccc(=O)[nH]c2=O)o1. The molecular formula is C22H24N4O5. The predicted octanol–water partition coefficient (Wildman–Crippen LogP) is 1.88. The number of nitrogens with one attached hydrogen (secondary N) is 1. The molecule has 1 aliphatic heterocycles. The van der Waals surface area contributed by atoms with Crippen molar-refractivity contribution in [2.45, 2.75) is 38.3 Å². The summed E-state index contributed by atoms with van der Waals surface area (Å²) >= 11 is 0. The number of likely N-dealkylation sites (tertiary alicyclic amines) is 1. The predicted molar refractivity (Wildman–Crippen MR) is 112 cm³/mol. The molecule has 1 aromatic carbocycles. The second kappa shape index (κ2) is 9.03. The van der Waals surface area contributed by atoms with Gasteiger partial charge in [-0.2, -0.15) is 0 Å². The third-order valence-electron chi connectivity index (χ3n) is 5.44. The van der Waals surface area contributed by atoms with Crippen LogP contribution in [-0.2, 0) is 17.8 Å². The summed E-state index contributed by atoms with van der Waals surface area (Å²) in [4.78, 5) is 44.5. The number of piperidine rings is 1. The smallest absolute Gasteiger partial charge is 0.328 e. The van der Waals surface area contributed by atoms with Crippen LogP contribution < -0.4 is 16.0 Å². The molecule has 1 saturated heterocycles. The molecule has 0 spiro atoms. The molecule has 0 saturated carbocycles. The molecule has 9 nitrogen and oxygen atoms in total. The number of amides is 1. The zero-order valence-corrected chi connectivity index (χ0v) is 17.2. The van der Waals surface area contributed by atoms with Gasteiger partial charge >= 0.3 is 5.69 Å². The first kappa shape index (κ1) is 20.6. The molecule has 31 heavy (non-hydrogen) atoms. The van der Waals surface area contributed by atoms with Crippen LogP contribution >= 0.6 is 0 Å². The van der Waals surface area contributed by atoms with Crippen LogP contribution in [0.1, 0.15) is 42.5 Å². The summed E-state index contributed by atoms with van der Waals surface area (Å²) in [5.41, 5.74) is -0.113. The van der Waals surface area contributed by atoms with E-state index in [4.69, 9.17) is 9.15 Å². The summed E-state index contributed by atoms with van der Waals surface area (Å²) in [5.74, 6) is 1.74. The number of aromatic nitrogens is 3. The van der Waals surface area contributed by atoms with Crippen molar-refractivity contribution < 1.29 is 13.9 Å². The molecule has 0 bridgehead atoms. The quantitative estimate of drug-likeness (QED) is 0.647. The van der Waals surface area contributed by atoms with E-state index in [0.717, 1.165) is 30.6 Å². The molecule has 3 aromatic rings. The molecule has 1 amide bonds. The van der Waals surface area contributed by atoms with Gasteiger partial charge in [0.15, 0.2) is 0 Å². The van der Waals surface area contributed by atoms with Crippen LogP contribution in [-0.4, -0.2) is 39.0 Å². The lowest BCUT2D eigenvalue weighted by molar-refractivity contribution is -0.136. The number of methoxy groups -OCH3 is 1. The largest absolute Gasteiger partial charge is 0.496 e. The molecule has 1 aliphatic rings. The maximum atomic E-state index is 13.0. The second-order valence-electron chi connectivity index (χ2n) is 7.49. The highest BCUT2D eigenvalue weighted by Gasteiger charge is 2.31. The van der Waals surface area contributed by atoms with Crippen molar-refractivity contribution in [3.8, 4) is 5.75 Å². The fourth-order valence-corrected chi connectivity index (χ4v) is 3.89. The Morgan fingerprint density at radius 2 is 2.10 bits per heavy atom. The van der Waals surface area contributed by atoms with Gasteiger partial charge in [-0.15, -0.1) is 0 Å². The first-order chi connectivity index (χ1) is 15.0. The van der Waals surface area contributed by atoms with Gasteiger partial charge in [-0.25, -0.2) is 9.78 Å². The van der Waals surface area contributed by atoms with Crippen LogP contribution in [0, 0.1) is 0 Å². The third kappa shape index (κ3) is 4.60. The van der Waals surface area contributed by atoms with Crippen LogP contribution in [0.25, 0.3) is 0 Å². The van der Waals surface area contributed by atoms with Gasteiger partial charge in [-0.05, 0) is 25.3 Å². The highest BCUT2D eigenvalue weighted by molar-refractivity contribution is 5.76. The molecule has 9 heteroatoms. The van der Waals surface area contributed by atoms with Crippen LogP contribution in [0.2, 0.25) is 0 Å². The average Bonchev–Trinajstić information content (AvgIpc) is 3.24. The monoisotopic (exact) mass is 424 g/mol. The molecule has 3 heterocycles. The van der Waals surface area contributed by atoms with Gasteiger partial charge in [0.1, 0.15) is 24.1 Å². The number of para-hydroxylation sites is 1. The minimum Gasteiger partial charge on any atom is -0.496 e. The normalized spacial score (nSPS) is 16.3. The van der Waals surface area contributed by atoms with Crippen molar-refractivity contribution in [3.05, 3.63) is 80.8 Å². The molecule has 4 rings (SSSR count). The fraction of sp³-hybridized carbons (Fsp3) is 0.364. The Kier molecular flexibility index (Phi) is 6.01. The van der Waals surface area contributed by atoms with Gasteiger partial charge in [0.05, 0.1) is 13.3 Å². The molecule has 0 radical (unpaired) electrons. The maximum Gasteiger partial charge on any atom is 0.328 e. The molecule has 2 aromatic heterocycles. The van der Waals surface area contributed by atoms with Gasteiger partial charge in [-0.1, -0.05) is 18.2 Å². The van der Waals surface area contributed by atoms with Crippen molar-refractivity contribution in [1.29, 1.82) is 0 Å². The summed E-state index contributed by atoms with van der Waals surface area (Å²) in [7, 11) is 1.63. The van der Waals surface area contributed by atoms with E-state index in [1.54, 1.807) is 18.2 Å².